The minimum Gasteiger partial charge on any atom is -0.316 e. The molecule has 0 atom stereocenters. The molecule has 0 spiro atoms. The average molecular weight is 416 g/mol. The van der Waals surface area contributed by atoms with E-state index in [9.17, 15) is 4.79 Å². The molecular weight excluding hydrogens is 402 g/mol. The fourth-order valence-corrected chi connectivity index (χ4v) is 3.92. The third kappa shape index (κ3) is 4.57. The van der Waals surface area contributed by atoms with Crippen LogP contribution < -0.4 is 5.32 Å². The van der Waals surface area contributed by atoms with Gasteiger partial charge in [0.25, 0.3) is 0 Å². The highest BCUT2D eigenvalue weighted by atomic mass is 35.5. The van der Waals surface area contributed by atoms with Crippen molar-refractivity contribution in [2.75, 3.05) is 11.1 Å². The summed E-state index contributed by atoms with van der Waals surface area (Å²) < 4.78 is 1.89. The minimum atomic E-state index is -0.208. The normalized spacial score (nSPS) is 10.4. The van der Waals surface area contributed by atoms with E-state index in [-0.39, 0.29) is 11.7 Å². The number of carbonyl (C=O) groups excluding carboxylic acids is 1. The Morgan fingerprint density at radius 1 is 1.37 bits per heavy atom. The van der Waals surface area contributed by atoms with Gasteiger partial charge in [-0.05, 0) is 35.7 Å². The van der Waals surface area contributed by atoms with Gasteiger partial charge in [0.2, 0.25) is 5.91 Å². The second-order valence-corrected chi connectivity index (χ2v) is 7.62. The number of hydrogen-bond donors (Lipinski definition) is 1. The van der Waals surface area contributed by atoms with E-state index in [0.717, 1.165) is 5.56 Å². The zero-order chi connectivity index (χ0) is 19.2. The van der Waals surface area contributed by atoms with Crippen molar-refractivity contribution in [3.63, 3.8) is 0 Å². The van der Waals surface area contributed by atoms with E-state index in [1.54, 1.807) is 29.7 Å². The standard InChI is InChI=1S/C18H14ClN5OS2/c1-2-8-24-16(12-3-5-14(19)6-4-12)22-23-18(24)27-11-15(25)21-17-13(10-20)7-9-26-17/h2-7,9H,1,8,11H2,(H,21,25). The number of thiophene rings is 1. The second-order valence-electron chi connectivity index (χ2n) is 5.32. The molecule has 0 bridgehead atoms. The Kier molecular flexibility index (Phi) is 6.29. The Balaban J connectivity index is 1.73. The maximum Gasteiger partial charge on any atom is 0.235 e. The van der Waals surface area contributed by atoms with Crippen molar-refractivity contribution >= 4 is 45.6 Å². The first-order valence-electron chi connectivity index (χ1n) is 7.82. The summed E-state index contributed by atoms with van der Waals surface area (Å²) in [4.78, 5) is 12.2. The molecule has 0 saturated carbocycles. The Hall–Kier alpha value is -2.60. The molecule has 9 heteroatoms. The molecule has 2 heterocycles. The predicted molar refractivity (Wildman–Crippen MR) is 109 cm³/mol. The zero-order valence-electron chi connectivity index (χ0n) is 14.1. The summed E-state index contributed by atoms with van der Waals surface area (Å²) in [6.07, 6.45) is 1.75. The summed E-state index contributed by atoms with van der Waals surface area (Å²) in [7, 11) is 0. The number of halogens is 1. The molecule has 0 aliphatic heterocycles. The molecule has 1 N–H and O–H groups in total. The Labute approximate surface area is 169 Å². The molecule has 3 rings (SSSR count). The largest absolute Gasteiger partial charge is 0.316 e. The molecule has 136 valence electrons. The lowest BCUT2D eigenvalue weighted by molar-refractivity contribution is -0.113. The fourth-order valence-electron chi connectivity index (χ4n) is 2.29. The van der Waals surface area contributed by atoms with Crippen LogP contribution in [-0.2, 0) is 11.3 Å². The average Bonchev–Trinajstić information content (AvgIpc) is 3.28. The van der Waals surface area contributed by atoms with Crippen molar-refractivity contribution in [2.45, 2.75) is 11.7 Å². The number of thioether (sulfide) groups is 1. The maximum absolute atomic E-state index is 12.2. The van der Waals surface area contributed by atoms with Crippen LogP contribution in [0.1, 0.15) is 5.56 Å². The third-order valence-electron chi connectivity index (χ3n) is 3.50. The number of nitrogens with one attached hydrogen (secondary N) is 1. The van der Waals surface area contributed by atoms with Crippen molar-refractivity contribution in [3.05, 3.63) is 59.0 Å². The lowest BCUT2D eigenvalue weighted by atomic mass is 10.2. The molecule has 0 unspecified atom stereocenters. The molecule has 27 heavy (non-hydrogen) atoms. The second kappa shape index (κ2) is 8.86. The first-order valence-corrected chi connectivity index (χ1v) is 10.1. The van der Waals surface area contributed by atoms with Gasteiger partial charge in [-0.2, -0.15) is 5.26 Å². The lowest BCUT2D eigenvalue weighted by Crippen LogP contribution is -2.14. The quantitative estimate of drug-likeness (QED) is 0.455. The number of nitrogens with zero attached hydrogens (tertiary/aromatic N) is 4. The van der Waals surface area contributed by atoms with Gasteiger partial charge in [-0.25, -0.2) is 0 Å². The van der Waals surface area contributed by atoms with E-state index in [0.29, 0.717) is 33.1 Å². The molecule has 2 aromatic heterocycles. The lowest BCUT2D eigenvalue weighted by Gasteiger charge is -2.08. The van der Waals surface area contributed by atoms with E-state index in [1.807, 2.05) is 22.8 Å². The van der Waals surface area contributed by atoms with E-state index >= 15 is 0 Å². The van der Waals surface area contributed by atoms with Crippen LogP contribution in [0, 0.1) is 11.3 Å². The van der Waals surface area contributed by atoms with Crippen molar-refractivity contribution in [2.24, 2.45) is 0 Å². The molecule has 0 aliphatic carbocycles. The number of amides is 1. The van der Waals surface area contributed by atoms with E-state index in [2.05, 4.69) is 22.1 Å². The summed E-state index contributed by atoms with van der Waals surface area (Å²) >= 11 is 8.53. The van der Waals surface area contributed by atoms with Crippen LogP contribution in [0.3, 0.4) is 0 Å². The molecule has 0 radical (unpaired) electrons. The minimum absolute atomic E-state index is 0.151. The van der Waals surface area contributed by atoms with Crippen LogP contribution in [-0.4, -0.2) is 26.4 Å². The summed E-state index contributed by atoms with van der Waals surface area (Å²) in [5.74, 6) is 0.623. The number of allylic oxidation sites excluding steroid dienone is 1. The van der Waals surface area contributed by atoms with Crippen LogP contribution in [0.4, 0.5) is 5.00 Å². The van der Waals surface area contributed by atoms with Gasteiger partial charge in [-0.1, -0.05) is 29.4 Å². The molecule has 6 nitrogen and oxygen atoms in total. The van der Waals surface area contributed by atoms with Crippen LogP contribution in [0.15, 0.2) is 53.5 Å². The topological polar surface area (TPSA) is 83.6 Å². The van der Waals surface area contributed by atoms with Crippen LogP contribution >= 0.6 is 34.7 Å². The van der Waals surface area contributed by atoms with Crippen molar-refractivity contribution in [1.82, 2.24) is 14.8 Å². The number of rotatable bonds is 7. The van der Waals surface area contributed by atoms with E-state index in [1.165, 1.54) is 23.1 Å². The van der Waals surface area contributed by atoms with Gasteiger partial charge in [0.05, 0.1) is 11.3 Å². The molecular formula is C18H14ClN5OS2. The SMILES string of the molecule is C=CCn1c(SCC(=O)Nc2sccc2C#N)nnc1-c1ccc(Cl)cc1. The molecule has 0 saturated heterocycles. The van der Waals surface area contributed by atoms with Crippen LogP contribution in [0.25, 0.3) is 11.4 Å². The number of nitriles is 1. The van der Waals surface area contributed by atoms with Gasteiger partial charge in [-0.15, -0.1) is 28.1 Å². The molecule has 1 aromatic carbocycles. The maximum atomic E-state index is 12.2. The van der Waals surface area contributed by atoms with E-state index < -0.39 is 0 Å². The summed E-state index contributed by atoms with van der Waals surface area (Å²) in [5, 5.41) is 23.8. The Morgan fingerprint density at radius 2 is 2.15 bits per heavy atom. The van der Waals surface area contributed by atoms with Gasteiger partial charge in [0, 0.05) is 17.1 Å². The highest BCUT2D eigenvalue weighted by molar-refractivity contribution is 7.99. The first-order chi connectivity index (χ1) is 13.1. The molecule has 0 fully saturated rings. The van der Waals surface area contributed by atoms with Crippen molar-refractivity contribution in [3.8, 4) is 17.5 Å². The van der Waals surface area contributed by atoms with Gasteiger partial charge >= 0.3 is 0 Å². The zero-order valence-corrected chi connectivity index (χ0v) is 16.4. The number of anilines is 1. The highest BCUT2D eigenvalue weighted by Gasteiger charge is 2.16. The highest BCUT2D eigenvalue weighted by Crippen LogP contribution is 2.26. The number of hydrogen-bond acceptors (Lipinski definition) is 6. The molecule has 3 aromatic rings. The smallest absolute Gasteiger partial charge is 0.235 e. The monoisotopic (exact) mass is 415 g/mol. The number of aromatic nitrogens is 3. The fraction of sp³-hybridized carbons (Fsp3) is 0.111. The molecule has 1 amide bonds. The van der Waals surface area contributed by atoms with Gasteiger partial charge in [0.1, 0.15) is 11.1 Å². The number of benzene rings is 1. The van der Waals surface area contributed by atoms with Gasteiger partial charge in [-0.3, -0.25) is 9.36 Å². The Bertz CT molecular complexity index is 1000. The Morgan fingerprint density at radius 3 is 2.85 bits per heavy atom. The van der Waals surface area contributed by atoms with E-state index in [4.69, 9.17) is 16.9 Å². The van der Waals surface area contributed by atoms with Gasteiger partial charge < -0.3 is 5.32 Å². The predicted octanol–water partition coefficient (Wildman–Crippen LogP) is 4.45. The first kappa shape index (κ1) is 19.2. The third-order valence-corrected chi connectivity index (χ3v) is 5.55. The van der Waals surface area contributed by atoms with Crippen LogP contribution in [0.5, 0.6) is 0 Å². The summed E-state index contributed by atoms with van der Waals surface area (Å²) in [5.41, 5.74) is 1.33. The summed E-state index contributed by atoms with van der Waals surface area (Å²) in [6, 6.07) is 11.0. The number of carbonyl (C=O) groups is 1. The van der Waals surface area contributed by atoms with Crippen molar-refractivity contribution in [1.29, 1.82) is 5.26 Å². The van der Waals surface area contributed by atoms with Gasteiger partial charge in [0.15, 0.2) is 11.0 Å². The summed E-state index contributed by atoms with van der Waals surface area (Å²) in [6.45, 7) is 4.29. The van der Waals surface area contributed by atoms with Crippen molar-refractivity contribution < 1.29 is 4.79 Å². The molecule has 0 aliphatic rings. The van der Waals surface area contributed by atoms with Crippen LogP contribution in [0.2, 0.25) is 5.02 Å².